The van der Waals surface area contributed by atoms with Gasteiger partial charge in [-0.25, -0.2) is 4.98 Å². The largest absolute Gasteiger partial charge is 0.489 e. The lowest BCUT2D eigenvalue weighted by Crippen LogP contribution is -2.23. The molecule has 0 radical (unpaired) electrons. The highest BCUT2D eigenvalue weighted by molar-refractivity contribution is 6.37. The molecule has 0 saturated carbocycles. The molecular weight excluding hydrogens is 288 g/mol. The van der Waals surface area contributed by atoms with Crippen LogP contribution in [0, 0.1) is 0 Å². The van der Waals surface area contributed by atoms with Crippen LogP contribution < -0.4 is 4.74 Å². The summed E-state index contributed by atoms with van der Waals surface area (Å²) in [6.45, 7) is 0.613. The van der Waals surface area contributed by atoms with E-state index in [1.807, 2.05) is 36.4 Å². The molecule has 108 valence electrons. The Balaban J connectivity index is 1.69. The van der Waals surface area contributed by atoms with Crippen molar-refractivity contribution in [2.24, 2.45) is 0 Å². The van der Waals surface area contributed by atoms with Crippen molar-refractivity contribution >= 4 is 22.4 Å². The van der Waals surface area contributed by atoms with E-state index < -0.39 is 6.10 Å². The number of benzene rings is 2. The summed E-state index contributed by atoms with van der Waals surface area (Å²) in [6.07, 6.45) is 4.51. The van der Waals surface area contributed by atoms with E-state index in [0.717, 1.165) is 10.8 Å². The van der Waals surface area contributed by atoms with Gasteiger partial charge in [0.15, 0.2) is 0 Å². The van der Waals surface area contributed by atoms with E-state index in [1.54, 1.807) is 23.3 Å². The fourth-order valence-corrected chi connectivity index (χ4v) is 2.49. The number of nitrogens with zero attached hydrogens (tertiary/aromatic N) is 2. The highest BCUT2D eigenvalue weighted by Gasteiger charge is 2.10. The number of aliphatic hydroxyl groups excluding tert-OH is 1. The minimum Gasteiger partial charge on any atom is -0.489 e. The second kappa shape index (κ2) is 6.16. The van der Waals surface area contributed by atoms with Gasteiger partial charge in [0.2, 0.25) is 0 Å². The SMILES string of the molecule is O[C@H](COc1ccc2ccccc2c1Cl)Cn1ccnc1. The predicted octanol–water partition coefficient (Wildman–Crippen LogP) is 3.13. The normalized spacial score (nSPS) is 12.5. The Labute approximate surface area is 127 Å². The van der Waals surface area contributed by atoms with E-state index >= 15 is 0 Å². The molecule has 0 amide bonds. The highest BCUT2D eigenvalue weighted by atomic mass is 35.5. The van der Waals surface area contributed by atoms with Crippen LogP contribution in [0.4, 0.5) is 0 Å². The van der Waals surface area contributed by atoms with E-state index in [1.165, 1.54) is 0 Å². The fourth-order valence-electron chi connectivity index (χ4n) is 2.20. The molecular formula is C16H15ClN2O2. The summed E-state index contributed by atoms with van der Waals surface area (Å²) in [7, 11) is 0. The van der Waals surface area contributed by atoms with Gasteiger partial charge in [-0.2, -0.15) is 0 Å². The van der Waals surface area contributed by atoms with Gasteiger partial charge in [0.1, 0.15) is 18.5 Å². The minimum atomic E-state index is -0.623. The quantitative estimate of drug-likeness (QED) is 0.787. The first-order valence-electron chi connectivity index (χ1n) is 6.68. The number of aromatic nitrogens is 2. The van der Waals surface area contributed by atoms with Crippen LogP contribution in [0.3, 0.4) is 0 Å². The molecule has 0 spiro atoms. The van der Waals surface area contributed by atoms with Gasteiger partial charge in [-0.1, -0.05) is 41.9 Å². The summed E-state index contributed by atoms with van der Waals surface area (Å²) in [6, 6.07) is 11.6. The lowest BCUT2D eigenvalue weighted by molar-refractivity contribution is 0.0926. The van der Waals surface area contributed by atoms with Crippen molar-refractivity contribution < 1.29 is 9.84 Å². The van der Waals surface area contributed by atoms with Crippen molar-refractivity contribution in [3.63, 3.8) is 0 Å². The van der Waals surface area contributed by atoms with Crippen LogP contribution in [0.5, 0.6) is 5.75 Å². The Morgan fingerprint density at radius 2 is 2.10 bits per heavy atom. The average molecular weight is 303 g/mol. The van der Waals surface area contributed by atoms with E-state index in [0.29, 0.717) is 17.3 Å². The van der Waals surface area contributed by atoms with Gasteiger partial charge in [-0.15, -0.1) is 0 Å². The molecule has 1 N–H and O–H groups in total. The third-order valence-corrected chi connectivity index (χ3v) is 3.63. The van der Waals surface area contributed by atoms with Gasteiger partial charge in [-0.3, -0.25) is 0 Å². The number of imidazole rings is 1. The fraction of sp³-hybridized carbons (Fsp3) is 0.188. The Hall–Kier alpha value is -2.04. The molecule has 21 heavy (non-hydrogen) atoms. The smallest absolute Gasteiger partial charge is 0.138 e. The number of fused-ring (bicyclic) bond motifs is 1. The third-order valence-electron chi connectivity index (χ3n) is 3.24. The molecule has 0 fully saturated rings. The molecule has 0 unspecified atom stereocenters. The number of hydrogen-bond donors (Lipinski definition) is 1. The molecule has 3 aromatic rings. The number of ether oxygens (including phenoxy) is 1. The predicted molar refractivity (Wildman–Crippen MR) is 82.7 cm³/mol. The first-order chi connectivity index (χ1) is 10.2. The Bertz CT molecular complexity index is 728. The van der Waals surface area contributed by atoms with Gasteiger partial charge in [-0.05, 0) is 11.5 Å². The second-order valence-electron chi connectivity index (χ2n) is 4.82. The van der Waals surface area contributed by atoms with Crippen molar-refractivity contribution in [1.29, 1.82) is 0 Å². The van der Waals surface area contributed by atoms with Crippen LogP contribution in [0.2, 0.25) is 5.02 Å². The second-order valence-corrected chi connectivity index (χ2v) is 5.20. The Morgan fingerprint density at radius 3 is 2.90 bits per heavy atom. The van der Waals surface area contributed by atoms with Crippen molar-refractivity contribution in [2.45, 2.75) is 12.6 Å². The molecule has 0 bridgehead atoms. The van der Waals surface area contributed by atoms with Crippen LogP contribution >= 0.6 is 11.6 Å². The van der Waals surface area contributed by atoms with Crippen LogP contribution in [-0.2, 0) is 6.54 Å². The minimum absolute atomic E-state index is 0.177. The van der Waals surface area contributed by atoms with E-state index in [4.69, 9.17) is 16.3 Å². The topological polar surface area (TPSA) is 47.3 Å². The van der Waals surface area contributed by atoms with Crippen molar-refractivity contribution in [1.82, 2.24) is 9.55 Å². The van der Waals surface area contributed by atoms with Crippen molar-refractivity contribution in [2.75, 3.05) is 6.61 Å². The molecule has 0 aliphatic rings. The zero-order valence-electron chi connectivity index (χ0n) is 11.3. The van der Waals surface area contributed by atoms with Crippen LogP contribution in [0.25, 0.3) is 10.8 Å². The molecule has 2 aromatic carbocycles. The summed E-state index contributed by atoms with van der Waals surface area (Å²) in [5.41, 5.74) is 0. The average Bonchev–Trinajstić information content (AvgIpc) is 3.00. The number of rotatable bonds is 5. The monoisotopic (exact) mass is 302 g/mol. The molecule has 3 rings (SSSR count). The summed E-state index contributed by atoms with van der Waals surface area (Å²) in [5.74, 6) is 0.583. The number of hydrogen-bond acceptors (Lipinski definition) is 3. The Morgan fingerprint density at radius 1 is 1.24 bits per heavy atom. The summed E-state index contributed by atoms with van der Waals surface area (Å²) in [4.78, 5) is 3.93. The molecule has 0 aliphatic carbocycles. The van der Waals surface area contributed by atoms with Gasteiger partial charge >= 0.3 is 0 Å². The van der Waals surface area contributed by atoms with E-state index in [2.05, 4.69) is 4.98 Å². The molecule has 4 nitrogen and oxygen atoms in total. The maximum absolute atomic E-state index is 9.97. The maximum Gasteiger partial charge on any atom is 0.138 e. The van der Waals surface area contributed by atoms with Gasteiger partial charge < -0.3 is 14.4 Å². The van der Waals surface area contributed by atoms with Crippen LogP contribution in [0.15, 0.2) is 55.1 Å². The maximum atomic E-state index is 9.97. The molecule has 5 heteroatoms. The van der Waals surface area contributed by atoms with E-state index in [-0.39, 0.29) is 6.61 Å². The highest BCUT2D eigenvalue weighted by Crippen LogP contribution is 2.32. The lowest BCUT2D eigenvalue weighted by atomic mass is 10.1. The molecule has 0 saturated heterocycles. The van der Waals surface area contributed by atoms with Gasteiger partial charge in [0.25, 0.3) is 0 Å². The molecule has 1 atom stereocenters. The Kier molecular flexibility index (Phi) is 4.08. The zero-order chi connectivity index (χ0) is 14.7. The lowest BCUT2D eigenvalue weighted by Gasteiger charge is -2.14. The zero-order valence-corrected chi connectivity index (χ0v) is 12.1. The standard InChI is InChI=1S/C16H15ClN2O2/c17-16-14-4-2-1-3-12(14)5-6-15(16)21-10-13(20)9-19-8-7-18-11-19/h1-8,11,13,20H,9-10H2/t13-/m0/s1. The van der Waals surface area contributed by atoms with Crippen molar-refractivity contribution in [3.05, 3.63) is 60.1 Å². The molecule has 0 aliphatic heterocycles. The van der Waals surface area contributed by atoms with Gasteiger partial charge in [0, 0.05) is 17.8 Å². The molecule has 1 heterocycles. The van der Waals surface area contributed by atoms with E-state index in [9.17, 15) is 5.11 Å². The van der Waals surface area contributed by atoms with Crippen molar-refractivity contribution in [3.8, 4) is 5.75 Å². The van der Waals surface area contributed by atoms with Crippen LogP contribution in [-0.4, -0.2) is 27.4 Å². The summed E-state index contributed by atoms with van der Waals surface area (Å²) < 4.78 is 7.44. The first kappa shape index (κ1) is 13.9. The first-order valence-corrected chi connectivity index (χ1v) is 7.05. The van der Waals surface area contributed by atoms with Crippen LogP contribution in [0.1, 0.15) is 0 Å². The summed E-state index contributed by atoms with van der Waals surface area (Å²) >= 11 is 6.35. The van der Waals surface area contributed by atoms with Gasteiger partial charge in [0.05, 0.1) is 17.9 Å². The summed E-state index contributed by atoms with van der Waals surface area (Å²) in [5, 5.41) is 12.6. The molecule has 1 aromatic heterocycles. The number of aliphatic hydroxyl groups is 1. The number of halogens is 1. The third kappa shape index (κ3) is 3.17.